The van der Waals surface area contributed by atoms with Gasteiger partial charge in [0.2, 0.25) is 0 Å². The van der Waals surface area contributed by atoms with Gasteiger partial charge in [0, 0.05) is 38.4 Å². The second-order valence-corrected chi connectivity index (χ2v) is 16.3. The lowest BCUT2D eigenvalue weighted by Crippen LogP contribution is -2.40. The van der Waals surface area contributed by atoms with Crippen LogP contribution < -0.4 is 0 Å². The van der Waals surface area contributed by atoms with E-state index in [9.17, 15) is 0 Å². The molecule has 4 heteroatoms. The molecular formula is C55H41N3O. The minimum absolute atomic E-state index is 0.165. The third-order valence-corrected chi connectivity index (χ3v) is 12.8. The number of allylic oxidation sites excluding steroid dienone is 4. The van der Waals surface area contributed by atoms with Crippen molar-refractivity contribution < 1.29 is 4.42 Å². The van der Waals surface area contributed by atoms with Crippen LogP contribution in [0.15, 0.2) is 186 Å². The summed E-state index contributed by atoms with van der Waals surface area (Å²) in [7, 11) is 0. The highest BCUT2D eigenvalue weighted by Crippen LogP contribution is 2.62. The SMILES string of the molecule is C/C=C\C1=C(C)C2(c3ccccc3C(C)(C)c3ccccc32)c2cccc(-c3nc(-c4ccccc4)nc(-c4ccc(-c5cccc6c5oc5ccccc56)cc4)n3)c21. The van der Waals surface area contributed by atoms with E-state index in [1.807, 2.05) is 30.3 Å². The average Bonchev–Trinajstić information content (AvgIpc) is 3.79. The molecule has 0 fully saturated rings. The van der Waals surface area contributed by atoms with Crippen molar-refractivity contribution >= 4 is 27.5 Å². The molecule has 0 saturated heterocycles. The van der Waals surface area contributed by atoms with Crippen molar-refractivity contribution in [3.8, 4) is 45.3 Å². The standard InChI is InChI=1S/C55H41N3O/c1-5-17-38-34(2)55(45-26-12-10-24-43(45)54(3,4)44-25-11-13-27-46(44)55)47-28-16-23-42(49(38)47)53-57-51(36-18-7-6-8-19-36)56-52(58-53)37-32-30-35(31-33-37)39-21-15-22-41-40-20-9-14-29-48(40)59-50(39)41/h5-33H,1-4H3/b17-5-. The van der Waals surface area contributed by atoms with E-state index in [1.165, 1.54) is 39.0 Å². The number of aromatic nitrogens is 3. The van der Waals surface area contributed by atoms with Gasteiger partial charge in [0.05, 0.1) is 5.41 Å². The van der Waals surface area contributed by atoms with Gasteiger partial charge >= 0.3 is 0 Å². The molecule has 4 nitrogen and oxygen atoms in total. The van der Waals surface area contributed by atoms with E-state index in [1.54, 1.807) is 0 Å². The van der Waals surface area contributed by atoms with Crippen LogP contribution in [0.4, 0.5) is 0 Å². The van der Waals surface area contributed by atoms with E-state index in [0.29, 0.717) is 17.5 Å². The van der Waals surface area contributed by atoms with E-state index >= 15 is 0 Å². The van der Waals surface area contributed by atoms with Crippen molar-refractivity contribution in [1.82, 2.24) is 15.0 Å². The zero-order chi connectivity index (χ0) is 39.9. The van der Waals surface area contributed by atoms with Crippen molar-refractivity contribution in [1.29, 1.82) is 0 Å². The maximum atomic E-state index is 6.40. The third kappa shape index (κ3) is 5.06. The van der Waals surface area contributed by atoms with Crippen LogP contribution in [0.25, 0.3) is 72.8 Å². The van der Waals surface area contributed by atoms with Crippen LogP contribution in [0.1, 0.15) is 61.1 Å². The van der Waals surface area contributed by atoms with Crippen LogP contribution in [0.2, 0.25) is 0 Å². The molecule has 2 aliphatic rings. The molecule has 2 aromatic heterocycles. The maximum absolute atomic E-state index is 6.40. The van der Waals surface area contributed by atoms with Gasteiger partial charge in [0.25, 0.3) is 0 Å². The van der Waals surface area contributed by atoms with Gasteiger partial charge in [-0.2, -0.15) is 0 Å². The summed E-state index contributed by atoms with van der Waals surface area (Å²) in [5.41, 5.74) is 16.4. The number of hydrogen-bond donors (Lipinski definition) is 0. The van der Waals surface area contributed by atoms with Crippen molar-refractivity contribution in [2.45, 2.75) is 38.5 Å². The Kier molecular flexibility index (Phi) is 7.83. The Bertz CT molecular complexity index is 3150. The lowest BCUT2D eigenvalue weighted by Gasteiger charge is -2.47. The number of hydrogen-bond acceptors (Lipinski definition) is 4. The molecule has 0 atom stereocenters. The summed E-state index contributed by atoms with van der Waals surface area (Å²) in [5, 5.41) is 2.23. The molecule has 0 radical (unpaired) electrons. The highest BCUT2D eigenvalue weighted by molar-refractivity contribution is 6.09. The van der Waals surface area contributed by atoms with E-state index in [-0.39, 0.29) is 5.41 Å². The van der Waals surface area contributed by atoms with Gasteiger partial charge in [0.15, 0.2) is 17.5 Å². The normalized spacial score (nSPS) is 14.9. The van der Waals surface area contributed by atoms with Crippen molar-refractivity contribution in [2.75, 3.05) is 0 Å². The van der Waals surface area contributed by atoms with Gasteiger partial charge in [-0.3, -0.25) is 0 Å². The molecule has 0 saturated carbocycles. The zero-order valence-corrected chi connectivity index (χ0v) is 33.5. The van der Waals surface area contributed by atoms with Crippen molar-refractivity contribution in [3.63, 3.8) is 0 Å². The number of rotatable bonds is 5. The molecule has 11 rings (SSSR count). The molecule has 0 N–H and O–H groups in total. The Morgan fingerprint density at radius 1 is 0.475 bits per heavy atom. The monoisotopic (exact) mass is 759 g/mol. The Morgan fingerprint density at radius 3 is 1.69 bits per heavy atom. The first-order chi connectivity index (χ1) is 28.9. The molecule has 0 amide bonds. The summed E-state index contributed by atoms with van der Waals surface area (Å²) < 4.78 is 6.40. The second-order valence-electron chi connectivity index (χ2n) is 16.3. The van der Waals surface area contributed by atoms with Gasteiger partial charge in [-0.1, -0.05) is 184 Å². The van der Waals surface area contributed by atoms with Crippen LogP contribution in [-0.2, 0) is 10.8 Å². The highest BCUT2D eigenvalue weighted by atomic mass is 16.3. The van der Waals surface area contributed by atoms with Crippen molar-refractivity contribution in [3.05, 3.63) is 215 Å². The molecule has 0 bridgehead atoms. The van der Waals surface area contributed by atoms with Gasteiger partial charge in [-0.15, -0.1) is 0 Å². The Balaban J connectivity index is 1.11. The first kappa shape index (κ1) is 35.0. The second kappa shape index (κ2) is 13.2. The van der Waals surface area contributed by atoms with E-state index in [4.69, 9.17) is 19.4 Å². The first-order valence-corrected chi connectivity index (χ1v) is 20.4. The van der Waals surface area contributed by atoms with E-state index in [2.05, 4.69) is 173 Å². The summed E-state index contributed by atoms with van der Waals surface area (Å²) in [5.74, 6) is 1.90. The van der Waals surface area contributed by atoms with Gasteiger partial charge in [-0.05, 0) is 70.0 Å². The molecule has 9 aromatic rings. The predicted molar refractivity (Wildman–Crippen MR) is 241 cm³/mol. The molecular weight excluding hydrogens is 719 g/mol. The van der Waals surface area contributed by atoms with E-state index < -0.39 is 5.41 Å². The summed E-state index contributed by atoms with van der Waals surface area (Å²) in [6, 6.07) is 58.1. The average molecular weight is 760 g/mol. The molecule has 0 unspecified atom stereocenters. The lowest BCUT2D eigenvalue weighted by molar-refractivity contribution is 0.558. The number of para-hydroxylation sites is 2. The summed E-state index contributed by atoms with van der Waals surface area (Å²) in [6.45, 7) is 9.15. The van der Waals surface area contributed by atoms with Crippen LogP contribution in [0.5, 0.6) is 0 Å². The van der Waals surface area contributed by atoms with E-state index in [0.717, 1.165) is 55.3 Å². The van der Waals surface area contributed by atoms with Gasteiger partial charge < -0.3 is 4.42 Å². The van der Waals surface area contributed by atoms with Crippen molar-refractivity contribution in [2.24, 2.45) is 0 Å². The Morgan fingerprint density at radius 2 is 1.00 bits per heavy atom. The minimum Gasteiger partial charge on any atom is -0.455 e. The number of fused-ring (bicyclic) bond motifs is 9. The topological polar surface area (TPSA) is 51.8 Å². The smallest absolute Gasteiger partial charge is 0.164 e. The molecule has 0 aliphatic heterocycles. The van der Waals surface area contributed by atoms with Crippen LogP contribution in [0.3, 0.4) is 0 Å². The summed E-state index contributed by atoms with van der Waals surface area (Å²) >= 11 is 0. The fourth-order valence-electron chi connectivity index (χ4n) is 10.1. The van der Waals surface area contributed by atoms with Crippen LogP contribution in [0, 0.1) is 0 Å². The molecule has 7 aromatic carbocycles. The first-order valence-electron chi connectivity index (χ1n) is 20.4. The molecule has 59 heavy (non-hydrogen) atoms. The maximum Gasteiger partial charge on any atom is 0.164 e. The Hall–Kier alpha value is -7.17. The minimum atomic E-state index is -0.487. The predicted octanol–water partition coefficient (Wildman–Crippen LogP) is 13.8. The largest absolute Gasteiger partial charge is 0.455 e. The number of furan rings is 1. The number of nitrogens with zero attached hydrogens (tertiary/aromatic N) is 3. The quantitative estimate of drug-likeness (QED) is 0.175. The van der Waals surface area contributed by atoms with Crippen LogP contribution >= 0.6 is 0 Å². The van der Waals surface area contributed by atoms with Gasteiger partial charge in [0.1, 0.15) is 11.2 Å². The summed E-state index contributed by atoms with van der Waals surface area (Å²) in [4.78, 5) is 15.8. The highest BCUT2D eigenvalue weighted by Gasteiger charge is 2.53. The lowest BCUT2D eigenvalue weighted by atomic mass is 9.55. The molecule has 2 aliphatic carbocycles. The zero-order valence-electron chi connectivity index (χ0n) is 33.5. The fraction of sp³-hybridized carbons (Fsp3) is 0.109. The fourth-order valence-corrected chi connectivity index (χ4v) is 10.1. The Labute approximate surface area is 344 Å². The molecule has 1 spiro atoms. The van der Waals surface area contributed by atoms with Crippen LogP contribution in [-0.4, -0.2) is 15.0 Å². The van der Waals surface area contributed by atoms with Gasteiger partial charge in [-0.25, -0.2) is 15.0 Å². The number of benzene rings is 7. The molecule has 282 valence electrons. The third-order valence-electron chi connectivity index (χ3n) is 12.8. The summed E-state index contributed by atoms with van der Waals surface area (Å²) in [6.07, 6.45) is 4.43. The molecule has 2 heterocycles.